The summed E-state index contributed by atoms with van der Waals surface area (Å²) in [6, 6.07) is 7.23. The molecular formula is C18H25N5O3. The quantitative estimate of drug-likeness (QED) is 0.691. The molecule has 1 saturated heterocycles. The minimum absolute atomic E-state index is 0.154. The zero-order valence-electron chi connectivity index (χ0n) is 15.1. The van der Waals surface area contributed by atoms with Gasteiger partial charge in [0.25, 0.3) is 11.5 Å². The molecule has 2 heterocycles. The van der Waals surface area contributed by atoms with Gasteiger partial charge in [0.05, 0.1) is 24.1 Å². The highest BCUT2D eigenvalue weighted by Crippen LogP contribution is 2.11. The number of carbonyl (C=O) groups excluding carboxylic acids is 1. The number of nitrogens with two attached hydrogens (primary N) is 1. The summed E-state index contributed by atoms with van der Waals surface area (Å²) in [4.78, 5) is 33.8. The van der Waals surface area contributed by atoms with Gasteiger partial charge in [0, 0.05) is 25.2 Å². The first-order chi connectivity index (χ1) is 12.3. The molecular weight excluding hydrogens is 334 g/mol. The summed E-state index contributed by atoms with van der Waals surface area (Å²) in [5, 5.41) is 3.39. The third-order valence-corrected chi connectivity index (χ3v) is 4.20. The minimum atomic E-state index is -0.557. The van der Waals surface area contributed by atoms with Crippen molar-refractivity contribution in [1.82, 2.24) is 20.2 Å². The van der Waals surface area contributed by atoms with Crippen molar-refractivity contribution in [2.45, 2.75) is 32.0 Å². The first-order valence-electron chi connectivity index (χ1n) is 8.70. The summed E-state index contributed by atoms with van der Waals surface area (Å²) in [5.74, 6) is 0.408. The maximum Gasteiger partial charge on any atom is 0.258 e. The molecule has 0 bridgehead atoms. The number of nitrogens with one attached hydrogen (secondary N) is 2. The van der Waals surface area contributed by atoms with Crippen molar-refractivity contribution in [1.29, 1.82) is 0 Å². The van der Waals surface area contributed by atoms with E-state index in [-0.39, 0.29) is 11.5 Å². The summed E-state index contributed by atoms with van der Waals surface area (Å²) in [7, 11) is 0. The third kappa shape index (κ3) is 4.66. The lowest BCUT2D eigenvalue weighted by Gasteiger charge is -2.32. The second-order valence-electron chi connectivity index (χ2n) is 7.33. The number of ether oxygens (including phenoxy) is 1. The normalized spacial score (nSPS) is 18.8. The van der Waals surface area contributed by atoms with Crippen molar-refractivity contribution in [3.05, 3.63) is 40.4 Å². The number of aromatic nitrogens is 2. The molecule has 1 atom stereocenters. The monoisotopic (exact) mass is 359 g/mol. The molecule has 8 heteroatoms. The number of benzene rings is 1. The molecule has 3 rings (SSSR count). The Morgan fingerprint density at radius 1 is 1.46 bits per heavy atom. The van der Waals surface area contributed by atoms with Crippen molar-refractivity contribution in [2.24, 2.45) is 5.73 Å². The average Bonchev–Trinajstić information content (AvgIpc) is 2.59. The van der Waals surface area contributed by atoms with Crippen LogP contribution in [0.3, 0.4) is 0 Å². The molecule has 26 heavy (non-hydrogen) atoms. The molecule has 2 aromatic rings. The molecule has 4 N–H and O–H groups in total. The number of hydrogen-bond acceptors (Lipinski definition) is 6. The molecule has 140 valence electrons. The van der Waals surface area contributed by atoms with Crippen LogP contribution in [0.25, 0.3) is 10.9 Å². The SMILES string of the molecule is CC(C)(N)CNC(=O)C1CN(Cc2nc3ccccc3c(=O)[nH]2)CCO1. The van der Waals surface area contributed by atoms with Crippen LogP contribution in [0, 0.1) is 0 Å². The molecule has 1 aliphatic rings. The van der Waals surface area contributed by atoms with Crippen LogP contribution >= 0.6 is 0 Å². The largest absolute Gasteiger partial charge is 0.366 e. The van der Waals surface area contributed by atoms with Gasteiger partial charge in [-0.25, -0.2) is 4.98 Å². The van der Waals surface area contributed by atoms with E-state index in [1.807, 2.05) is 36.9 Å². The van der Waals surface area contributed by atoms with Gasteiger partial charge in [0.2, 0.25) is 0 Å². The fraction of sp³-hybridized carbons (Fsp3) is 0.500. The Bertz CT molecular complexity index is 843. The number of H-pyrrole nitrogens is 1. The molecule has 1 fully saturated rings. The molecule has 1 unspecified atom stereocenters. The maximum absolute atomic E-state index is 12.3. The van der Waals surface area contributed by atoms with E-state index in [0.29, 0.717) is 49.5 Å². The van der Waals surface area contributed by atoms with Gasteiger partial charge in [-0.3, -0.25) is 14.5 Å². The van der Waals surface area contributed by atoms with Gasteiger partial charge in [-0.15, -0.1) is 0 Å². The van der Waals surface area contributed by atoms with Crippen LogP contribution in [0.2, 0.25) is 0 Å². The summed E-state index contributed by atoms with van der Waals surface area (Å²) in [6.07, 6.45) is -0.557. The Hall–Kier alpha value is -2.29. The lowest BCUT2D eigenvalue weighted by molar-refractivity contribution is -0.139. The number of hydrogen-bond donors (Lipinski definition) is 3. The number of morpholine rings is 1. The number of nitrogens with zero attached hydrogens (tertiary/aromatic N) is 2. The van der Waals surface area contributed by atoms with Gasteiger partial charge < -0.3 is 20.8 Å². The Labute approximate surface area is 151 Å². The number of amides is 1. The van der Waals surface area contributed by atoms with E-state index in [1.165, 1.54) is 0 Å². The Balaban J connectivity index is 1.65. The van der Waals surface area contributed by atoms with Crippen LogP contribution in [0.5, 0.6) is 0 Å². The van der Waals surface area contributed by atoms with E-state index in [4.69, 9.17) is 10.5 Å². The lowest BCUT2D eigenvalue weighted by atomic mass is 10.1. The summed E-state index contributed by atoms with van der Waals surface area (Å²) >= 11 is 0. The molecule has 0 saturated carbocycles. The molecule has 8 nitrogen and oxygen atoms in total. The fourth-order valence-corrected chi connectivity index (χ4v) is 2.86. The van der Waals surface area contributed by atoms with E-state index in [9.17, 15) is 9.59 Å². The number of carbonyl (C=O) groups is 1. The predicted octanol–water partition coefficient (Wildman–Crippen LogP) is -0.0226. The molecule has 1 amide bonds. The smallest absolute Gasteiger partial charge is 0.258 e. The van der Waals surface area contributed by atoms with Crippen LogP contribution in [0.15, 0.2) is 29.1 Å². The molecule has 1 aliphatic heterocycles. The van der Waals surface area contributed by atoms with Crippen molar-refractivity contribution >= 4 is 16.8 Å². The van der Waals surface area contributed by atoms with Gasteiger partial charge >= 0.3 is 0 Å². The summed E-state index contributed by atoms with van der Waals surface area (Å²) in [6.45, 7) is 6.09. The highest BCUT2D eigenvalue weighted by Gasteiger charge is 2.27. The van der Waals surface area contributed by atoms with Gasteiger partial charge in [-0.2, -0.15) is 0 Å². The Kier molecular flexibility index (Phi) is 5.36. The van der Waals surface area contributed by atoms with E-state index in [0.717, 1.165) is 0 Å². The number of para-hydroxylation sites is 1. The molecule has 1 aromatic carbocycles. The predicted molar refractivity (Wildman–Crippen MR) is 98.7 cm³/mol. The summed E-state index contributed by atoms with van der Waals surface area (Å²) < 4.78 is 5.58. The van der Waals surface area contributed by atoms with Crippen molar-refractivity contribution in [3.8, 4) is 0 Å². The van der Waals surface area contributed by atoms with Crippen LogP contribution in [-0.2, 0) is 16.1 Å². The first kappa shape index (κ1) is 18.5. The average molecular weight is 359 g/mol. The zero-order chi connectivity index (χ0) is 18.7. The second-order valence-corrected chi connectivity index (χ2v) is 7.33. The Morgan fingerprint density at radius 3 is 3.00 bits per heavy atom. The second kappa shape index (κ2) is 7.53. The highest BCUT2D eigenvalue weighted by molar-refractivity contribution is 5.81. The molecule has 0 spiro atoms. The topological polar surface area (TPSA) is 113 Å². The van der Waals surface area contributed by atoms with Crippen LogP contribution in [0.1, 0.15) is 19.7 Å². The third-order valence-electron chi connectivity index (χ3n) is 4.20. The standard InChI is InChI=1S/C18H25N5O3/c1-18(2,19)11-20-17(25)14-9-23(7-8-26-14)10-15-21-13-6-4-3-5-12(13)16(24)22-15/h3-6,14H,7-11,19H2,1-2H3,(H,20,25)(H,21,22,24). The van der Waals surface area contributed by atoms with Crippen molar-refractivity contribution in [3.63, 3.8) is 0 Å². The van der Waals surface area contributed by atoms with Crippen LogP contribution < -0.4 is 16.6 Å². The van der Waals surface area contributed by atoms with Gasteiger partial charge in [-0.05, 0) is 26.0 Å². The summed E-state index contributed by atoms with van der Waals surface area (Å²) in [5.41, 5.74) is 5.93. The van der Waals surface area contributed by atoms with Crippen molar-refractivity contribution < 1.29 is 9.53 Å². The fourth-order valence-electron chi connectivity index (χ4n) is 2.86. The van der Waals surface area contributed by atoms with Crippen molar-refractivity contribution in [2.75, 3.05) is 26.2 Å². The zero-order valence-corrected chi connectivity index (χ0v) is 15.1. The number of fused-ring (bicyclic) bond motifs is 1. The van der Waals surface area contributed by atoms with Gasteiger partial charge in [0.15, 0.2) is 0 Å². The number of aromatic amines is 1. The lowest BCUT2D eigenvalue weighted by Crippen LogP contribution is -2.53. The van der Waals surface area contributed by atoms with Gasteiger partial charge in [-0.1, -0.05) is 12.1 Å². The van der Waals surface area contributed by atoms with Gasteiger partial charge in [0.1, 0.15) is 11.9 Å². The van der Waals surface area contributed by atoms with E-state index in [1.54, 1.807) is 6.07 Å². The van der Waals surface area contributed by atoms with E-state index >= 15 is 0 Å². The number of rotatable bonds is 5. The van der Waals surface area contributed by atoms with Crippen LogP contribution in [0.4, 0.5) is 0 Å². The highest BCUT2D eigenvalue weighted by atomic mass is 16.5. The maximum atomic E-state index is 12.3. The Morgan fingerprint density at radius 2 is 2.23 bits per heavy atom. The molecule has 0 aliphatic carbocycles. The minimum Gasteiger partial charge on any atom is -0.366 e. The van der Waals surface area contributed by atoms with Crippen LogP contribution in [-0.4, -0.2) is 58.7 Å². The molecule has 1 aromatic heterocycles. The van der Waals surface area contributed by atoms with E-state index < -0.39 is 11.6 Å². The van der Waals surface area contributed by atoms with E-state index in [2.05, 4.69) is 15.3 Å². The first-order valence-corrected chi connectivity index (χ1v) is 8.70. The molecule has 0 radical (unpaired) electrons.